The second-order valence-electron chi connectivity index (χ2n) is 7.54. The Balaban J connectivity index is 0.00000100. The number of pyridine rings is 1. The number of ether oxygens (including phenoxy) is 3. The summed E-state index contributed by atoms with van der Waals surface area (Å²) in [6.45, 7) is 15.9. The van der Waals surface area contributed by atoms with Crippen LogP contribution in [0.5, 0.6) is 5.75 Å². The molecule has 0 aliphatic heterocycles. The summed E-state index contributed by atoms with van der Waals surface area (Å²) in [5.74, 6) is -0.242. The van der Waals surface area contributed by atoms with Gasteiger partial charge in [-0.1, -0.05) is 86.6 Å². The Labute approximate surface area is 224 Å². The summed E-state index contributed by atoms with van der Waals surface area (Å²) in [7, 11) is 1.34. The number of benzene rings is 1. The van der Waals surface area contributed by atoms with Crippen molar-refractivity contribution in [3.8, 4) is 5.75 Å². The number of aromatic nitrogens is 1. The predicted molar refractivity (Wildman–Crippen MR) is 155 cm³/mol. The molecule has 2 heterocycles. The van der Waals surface area contributed by atoms with Crippen LogP contribution < -0.4 is 4.74 Å². The molecule has 1 atom stereocenters. The molecular formula is C31H49NO5. The second-order valence-corrected chi connectivity index (χ2v) is 7.54. The van der Waals surface area contributed by atoms with Gasteiger partial charge in [-0.05, 0) is 37.6 Å². The third kappa shape index (κ3) is 9.75. The fourth-order valence-corrected chi connectivity index (χ4v) is 3.89. The van der Waals surface area contributed by atoms with Gasteiger partial charge in [0, 0.05) is 17.6 Å². The van der Waals surface area contributed by atoms with Gasteiger partial charge in [-0.2, -0.15) is 0 Å². The third-order valence-corrected chi connectivity index (χ3v) is 5.46. The molecule has 208 valence electrons. The summed E-state index contributed by atoms with van der Waals surface area (Å²) >= 11 is 0. The van der Waals surface area contributed by atoms with Gasteiger partial charge in [-0.15, -0.1) is 0 Å². The van der Waals surface area contributed by atoms with Crippen LogP contribution in [0, 0.1) is 0 Å². The third-order valence-electron chi connectivity index (χ3n) is 5.46. The predicted octanol–water partition coefficient (Wildman–Crippen LogP) is 8.63. The fraction of sp³-hybridized carbons (Fsp3) is 0.548. The van der Waals surface area contributed by atoms with Crippen LogP contribution in [0.4, 0.5) is 0 Å². The van der Waals surface area contributed by atoms with E-state index in [4.69, 9.17) is 14.2 Å². The van der Waals surface area contributed by atoms with E-state index >= 15 is 0 Å². The lowest BCUT2D eigenvalue weighted by molar-refractivity contribution is -0.148. The molecule has 0 N–H and O–H groups in total. The molecule has 0 amide bonds. The van der Waals surface area contributed by atoms with Crippen LogP contribution in [0.1, 0.15) is 104 Å². The van der Waals surface area contributed by atoms with E-state index in [2.05, 4.69) is 0 Å². The number of hydrogen-bond donors (Lipinski definition) is 0. The fourth-order valence-electron chi connectivity index (χ4n) is 3.89. The number of carbonyl (C=O) groups excluding carboxylic acids is 2. The lowest BCUT2D eigenvalue weighted by atomic mass is 10.1. The van der Waals surface area contributed by atoms with Crippen molar-refractivity contribution in [3.63, 3.8) is 0 Å². The van der Waals surface area contributed by atoms with E-state index in [0.29, 0.717) is 24.3 Å². The molecular weight excluding hydrogens is 466 g/mol. The number of hydrogen-bond acceptors (Lipinski definition) is 5. The molecule has 1 aliphatic carbocycles. The number of nitrogens with zero attached hydrogens (tertiary/aromatic N) is 1. The largest absolute Gasteiger partial charge is 0.479 e. The van der Waals surface area contributed by atoms with E-state index in [1.807, 2.05) is 89.4 Å². The standard InChI is InChI=1S/C20H21NO5.C5H10.3C2H6/c1-4-17(19(22)24-3)26-13-9-10-14-16(12-13)21-11-7-6-8-15(21)18(14)20(23)25-5-2;1-2-4-5-3-1;3*1-2/h6-12,17H,4-5H2,1-3H3;1-5H2;3*1-2H3. The molecule has 3 aromatic rings. The first kappa shape index (κ1) is 34.0. The van der Waals surface area contributed by atoms with Crippen molar-refractivity contribution >= 4 is 28.4 Å². The summed E-state index contributed by atoms with van der Waals surface area (Å²) in [4.78, 5) is 24.2. The molecule has 0 radical (unpaired) electrons. The Bertz CT molecular complexity index is 1030. The van der Waals surface area contributed by atoms with E-state index in [1.165, 1.54) is 39.2 Å². The molecule has 1 aromatic carbocycles. The highest BCUT2D eigenvalue weighted by Gasteiger charge is 2.22. The number of fused-ring (bicyclic) bond motifs is 3. The van der Waals surface area contributed by atoms with Crippen molar-refractivity contribution in [1.29, 1.82) is 0 Å². The zero-order valence-corrected chi connectivity index (χ0v) is 24.6. The molecule has 0 spiro atoms. The van der Waals surface area contributed by atoms with Gasteiger partial charge in [-0.3, -0.25) is 0 Å². The molecule has 1 saturated carbocycles. The van der Waals surface area contributed by atoms with Gasteiger partial charge < -0.3 is 18.6 Å². The lowest BCUT2D eigenvalue weighted by Crippen LogP contribution is -2.27. The van der Waals surface area contributed by atoms with Crippen LogP contribution in [0.15, 0.2) is 42.6 Å². The van der Waals surface area contributed by atoms with E-state index < -0.39 is 12.1 Å². The van der Waals surface area contributed by atoms with Gasteiger partial charge in [-0.25, -0.2) is 9.59 Å². The monoisotopic (exact) mass is 515 g/mol. The quantitative estimate of drug-likeness (QED) is 0.307. The lowest BCUT2D eigenvalue weighted by Gasteiger charge is -2.15. The van der Waals surface area contributed by atoms with Crippen LogP contribution >= 0.6 is 0 Å². The molecule has 1 aliphatic rings. The molecule has 1 fully saturated rings. The van der Waals surface area contributed by atoms with Crippen molar-refractivity contribution in [1.82, 2.24) is 4.40 Å². The molecule has 6 nitrogen and oxygen atoms in total. The van der Waals surface area contributed by atoms with Crippen molar-refractivity contribution in [2.75, 3.05) is 13.7 Å². The SMILES string of the molecule is C1CCCC1.CC.CC.CC.CCOC(=O)c1c2ccc(OC(CC)C(=O)OC)cc2n2ccccc12. The highest BCUT2D eigenvalue weighted by atomic mass is 16.6. The van der Waals surface area contributed by atoms with E-state index in [9.17, 15) is 9.59 Å². The maximum atomic E-state index is 12.4. The number of carbonyl (C=O) groups is 2. The minimum atomic E-state index is -0.673. The van der Waals surface area contributed by atoms with Crippen molar-refractivity contribution < 1.29 is 23.8 Å². The van der Waals surface area contributed by atoms with Gasteiger partial charge in [0.1, 0.15) is 5.75 Å². The Morgan fingerprint density at radius 3 is 1.97 bits per heavy atom. The molecule has 0 bridgehead atoms. The maximum absolute atomic E-state index is 12.4. The summed E-state index contributed by atoms with van der Waals surface area (Å²) < 4.78 is 17.7. The number of methoxy groups -OCH3 is 1. The zero-order valence-electron chi connectivity index (χ0n) is 24.6. The van der Waals surface area contributed by atoms with E-state index in [0.717, 1.165) is 16.4 Å². The Kier molecular flexibility index (Phi) is 18.4. The summed E-state index contributed by atoms with van der Waals surface area (Å²) in [6, 6.07) is 11.0. The van der Waals surface area contributed by atoms with Crippen LogP contribution in [-0.2, 0) is 14.3 Å². The summed E-state index contributed by atoms with van der Waals surface area (Å²) in [5.41, 5.74) is 2.09. The van der Waals surface area contributed by atoms with Crippen LogP contribution in [0.3, 0.4) is 0 Å². The summed E-state index contributed by atoms with van der Waals surface area (Å²) in [6.07, 6.45) is 9.20. The number of rotatable bonds is 6. The molecule has 1 unspecified atom stereocenters. The zero-order chi connectivity index (χ0) is 28.2. The first-order valence-corrected chi connectivity index (χ1v) is 14.0. The van der Waals surface area contributed by atoms with Crippen LogP contribution in [-0.4, -0.2) is 36.2 Å². The Morgan fingerprint density at radius 2 is 1.46 bits per heavy atom. The molecule has 2 aromatic heterocycles. The van der Waals surface area contributed by atoms with E-state index in [-0.39, 0.29) is 5.97 Å². The first-order valence-electron chi connectivity index (χ1n) is 14.0. The Morgan fingerprint density at radius 1 is 0.865 bits per heavy atom. The average Bonchev–Trinajstić information content (AvgIpc) is 3.65. The van der Waals surface area contributed by atoms with Gasteiger partial charge in [0.25, 0.3) is 0 Å². The highest BCUT2D eigenvalue weighted by molar-refractivity contribution is 6.11. The smallest absolute Gasteiger partial charge is 0.347 e. The topological polar surface area (TPSA) is 66.2 Å². The molecule has 0 saturated heterocycles. The van der Waals surface area contributed by atoms with Gasteiger partial charge in [0.15, 0.2) is 6.10 Å². The van der Waals surface area contributed by atoms with Gasteiger partial charge >= 0.3 is 11.9 Å². The van der Waals surface area contributed by atoms with Crippen molar-refractivity contribution in [2.24, 2.45) is 0 Å². The van der Waals surface area contributed by atoms with Gasteiger partial charge in [0.2, 0.25) is 0 Å². The molecule has 37 heavy (non-hydrogen) atoms. The summed E-state index contributed by atoms with van der Waals surface area (Å²) in [5, 5.41) is 0.771. The average molecular weight is 516 g/mol. The van der Waals surface area contributed by atoms with Crippen LogP contribution in [0.2, 0.25) is 0 Å². The van der Waals surface area contributed by atoms with Gasteiger partial charge in [0.05, 0.1) is 30.3 Å². The van der Waals surface area contributed by atoms with E-state index in [1.54, 1.807) is 13.0 Å². The molecule has 4 rings (SSSR count). The van der Waals surface area contributed by atoms with Crippen molar-refractivity contribution in [2.45, 2.75) is 100 Å². The Hall–Kier alpha value is -3.02. The minimum Gasteiger partial charge on any atom is -0.479 e. The highest BCUT2D eigenvalue weighted by Crippen LogP contribution is 2.31. The molecule has 6 heteroatoms. The van der Waals surface area contributed by atoms with Crippen molar-refractivity contribution in [3.05, 3.63) is 48.2 Å². The first-order chi connectivity index (χ1) is 18.1. The maximum Gasteiger partial charge on any atom is 0.347 e. The number of esters is 2. The normalized spacial score (nSPS) is 12.2. The van der Waals surface area contributed by atoms with Crippen LogP contribution in [0.25, 0.3) is 16.4 Å². The minimum absolute atomic E-state index is 0.309. The second kappa shape index (κ2) is 20.1.